The van der Waals surface area contributed by atoms with E-state index in [0.29, 0.717) is 22.9 Å². The normalized spacial score (nSPS) is 18.9. The number of nitrogens with one attached hydrogen (secondary N) is 1. The molecular formula is C29H35N3O4. The van der Waals surface area contributed by atoms with Crippen molar-refractivity contribution in [1.82, 2.24) is 15.1 Å². The number of ether oxygens (including phenoxy) is 2. The standard InChI is InChI=1S/C29H35N3O4/c1-6-36-28(34)25-16-26(21-8-7-9-24(15-21)35-5)32(31-25)23-12-10-20(11-13-23)27(33)30-22-14-19(2)17-29(3,4)18-22/h7-13,15-16,19,22H,6,14,17-18H2,1-5H3,(H,30,33)/t19-,22-/m0/s1. The van der Waals surface area contributed by atoms with Crippen molar-refractivity contribution in [2.45, 2.75) is 53.0 Å². The Hall–Kier alpha value is -3.61. The molecule has 190 valence electrons. The maximum absolute atomic E-state index is 13.0. The Kier molecular flexibility index (Phi) is 7.48. The Morgan fingerprint density at radius 3 is 2.53 bits per heavy atom. The first-order valence-corrected chi connectivity index (χ1v) is 12.5. The predicted molar refractivity (Wildman–Crippen MR) is 140 cm³/mol. The highest BCUT2D eigenvalue weighted by Gasteiger charge is 2.32. The molecule has 3 aromatic rings. The highest BCUT2D eigenvalue weighted by atomic mass is 16.5. The third-order valence-electron chi connectivity index (χ3n) is 6.66. The second-order valence-corrected chi connectivity index (χ2v) is 10.4. The summed E-state index contributed by atoms with van der Waals surface area (Å²) in [5.74, 6) is 0.730. The number of rotatable bonds is 7. The Morgan fingerprint density at radius 1 is 1.11 bits per heavy atom. The summed E-state index contributed by atoms with van der Waals surface area (Å²) in [5, 5.41) is 7.75. The zero-order valence-corrected chi connectivity index (χ0v) is 21.7. The van der Waals surface area contributed by atoms with Gasteiger partial charge in [0.2, 0.25) is 0 Å². The van der Waals surface area contributed by atoms with Crippen LogP contribution in [0.5, 0.6) is 5.75 Å². The van der Waals surface area contributed by atoms with Gasteiger partial charge in [0.05, 0.1) is 25.1 Å². The van der Waals surface area contributed by atoms with Gasteiger partial charge in [0.15, 0.2) is 5.69 Å². The van der Waals surface area contributed by atoms with Crippen LogP contribution in [0.4, 0.5) is 0 Å². The van der Waals surface area contributed by atoms with E-state index >= 15 is 0 Å². The number of methoxy groups -OCH3 is 1. The lowest BCUT2D eigenvalue weighted by atomic mass is 9.70. The van der Waals surface area contributed by atoms with Crippen molar-refractivity contribution in [2.75, 3.05) is 13.7 Å². The fraction of sp³-hybridized carbons (Fsp3) is 0.414. The molecule has 4 rings (SSSR count). The van der Waals surface area contributed by atoms with Gasteiger partial charge < -0.3 is 14.8 Å². The summed E-state index contributed by atoms with van der Waals surface area (Å²) >= 11 is 0. The first-order valence-electron chi connectivity index (χ1n) is 12.5. The van der Waals surface area contributed by atoms with Gasteiger partial charge in [-0.25, -0.2) is 9.48 Å². The summed E-state index contributed by atoms with van der Waals surface area (Å²) in [6, 6.07) is 16.7. The summed E-state index contributed by atoms with van der Waals surface area (Å²) in [6.45, 7) is 8.82. The van der Waals surface area contributed by atoms with Crippen LogP contribution < -0.4 is 10.1 Å². The van der Waals surface area contributed by atoms with Crippen molar-refractivity contribution in [3.8, 4) is 22.7 Å². The van der Waals surface area contributed by atoms with Crippen molar-refractivity contribution in [3.63, 3.8) is 0 Å². The van der Waals surface area contributed by atoms with Crippen LogP contribution in [-0.4, -0.2) is 41.4 Å². The van der Waals surface area contributed by atoms with Gasteiger partial charge in [-0.2, -0.15) is 5.10 Å². The molecule has 1 aliphatic rings. The molecule has 1 amide bonds. The molecule has 0 radical (unpaired) electrons. The molecule has 1 fully saturated rings. The van der Waals surface area contributed by atoms with Crippen LogP contribution in [0.1, 0.15) is 67.8 Å². The van der Waals surface area contributed by atoms with Crippen molar-refractivity contribution in [3.05, 3.63) is 65.9 Å². The van der Waals surface area contributed by atoms with E-state index in [-0.39, 0.29) is 29.7 Å². The minimum Gasteiger partial charge on any atom is -0.497 e. The summed E-state index contributed by atoms with van der Waals surface area (Å²) in [7, 11) is 1.61. The zero-order chi connectivity index (χ0) is 25.9. The summed E-state index contributed by atoms with van der Waals surface area (Å²) in [5.41, 5.74) is 3.32. The van der Waals surface area contributed by atoms with Gasteiger partial charge in [-0.3, -0.25) is 4.79 Å². The summed E-state index contributed by atoms with van der Waals surface area (Å²) < 4.78 is 12.2. The Labute approximate surface area is 212 Å². The lowest BCUT2D eigenvalue weighted by molar-refractivity contribution is 0.0518. The van der Waals surface area contributed by atoms with Crippen molar-refractivity contribution >= 4 is 11.9 Å². The number of benzene rings is 2. The van der Waals surface area contributed by atoms with E-state index in [9.17, 15) is 9.59 Å². The minimum absolute atomic E-state index is 0.0721. The first kappa shape index (κ1) is 25.5. The molecule has 1 N–H and O–H groups in total. The lowest BCUT2D eigenvalue weighted by Gasteiger charge is -2.39. The lowest BCUT2D eigenvalue weighted by Crippen LogP contribution is -2.42. The highest BCUT2D eigenvalue weighted by molar-refractivity contribution is 5.94. The molecule has 7 heteroatoms. The van der Waals surface area contributed by atoms with Crippen LogP contribution in [0.25, 0.3) is 16.9 Å². The van der Waals surface area contributed by atoms with E-state index < -0.39 is 5.97 Å². The third kappa shape index (κ3) is 5.78. The van der Waals surface area contributed by atoms with Gasteiger partial charge in [0.1, 0.15) is 5.75 Å². The number of hydrogen-bond donors (Lipinski definition) is 1. The Balaban J connectivity index is 1.60. The zero-order valence-electron chi connectivity index (χ0n) is 21.7. The van der Waals surface area contributed by atoms with Gasteiger partial charge in [0.25, 0.3) is 5.91 Å². The van der Waals surface area contributed by atoms with Gasteiger partial charge in [0, 0.05) is 17.2 Å². The summed E-state index contributed by atoms with van der Waals surface area (Å²) in [6.07, 6.45) is 3.16. The molecule has 0 spiro atoms. The molecule has 7 nitrogen and oxygen atoms in total. The fourth-order valence-electron chi connectivity index (χ4n) is 5.35. The van der Waals surface area contributed by atoms with E-state index in [1.165, 1.54) is 6.42 Å². The molecule has 0 aliphatic heterocycles. The van der Waals surface area contributed by atoms with Gasteiger partial charge in [-0.05, 0) is 80.0 Å². The number of carbonyl (C=O) groups is 2. The van der Waals surface area contributed by atoms with Crippen LogP contribution in [0.15, 0.2) is 54.6 Å². The molecule has 1 heterocycles. The van der Waals surface area contributed by atoms with Gasteiger partial charge in [-0.1, -0.05) is 32.9 Å². The molecule has 1 aliphatic carbocycles. The fourth-order valence-corrected chi connectivity index (χ4v) is 5.35. The molecule has 2 aromatic carbocycles. The average Bonchev–Trinajstić information content (AvgIpc) is 3.29. The van der Waals surface area contributed by atoms with Crippen LogP contribution in [0, 0.1) is 11.3 Å². The van der Waals surface area contributed by atoms with E-state index in [1.807, 2.05) is 36.4 Å². The number of amides is 1. The van der Waals surface area contributed by atoms with E-state index in [0.717, 1.165) is 24.1 Å². The van der Waals surface area contributed by atoms with Crippen molar-refractivity contribution in [2.24, 2.45) is 11.3 Å². The summed E-state index contributed by atoms with van der Waals surface area (Å²) in [4.78, 5) is 25.4. The van der Waals surface area contributed by atoms with Crippen molar-refractivity contribution in [1.29, 1.82) is 0 Å². The van der Waals surface area contributed by atoms with Crippen LogP contribution in [-0.2, 0) is 4.74 Å². The molecule has 0 saturated heterocycles. The number of hydrogen-bond acceptors (Lipinski definition) is 5. The second-order valence-electron chi connectivity index (χ2n) is 10.4. The third-order valence-corrected chi connectivity index (χ3v) is 6.66. The molecule has 36 heavy (non-hydrogen) atoms. The largest absolute Gasteiger partial charge is 0.497 e. The maximum Gasteiger partial charge on any atom is 0.358 e. The molecule has 0 bridgehead atoms. The quantitative estimate of drug-likeness (QED) is 0.433. The molecule has 1 saturated carbocycles. The molecule has 2 atom stereocenters. The van der Waals surface area contributed by atoms with E-state index in [4.69, 9.17) is 9.47 Å². The van der Waals surface area contributed by atoms with Gasteiger partial charge >= 0.3 is 5.97 Å². The number of carbonyl (C=O) groups excluding carboxylic acids is 2. The number of esters is 1. The Morgan fingerprint density at radius 2 is 1.86 bits per heavy atom. The topological polar surface area (TPSA) is 82.5 Å². The Bertz CT molecular complexity index is 1230. The molecule has 0 unspecified atom stereocenters. The van der Waals surface area contributed by atoms with E-state index in [2.05, 4.69) is 31.2 Å². The van der Waals surface area contributed by atoms with Crippen molar-refractivity contribution < 1.29 is 19.1 Å². The van der Waals surface area contributed by atoms with E-state index in [1.54, 1.807) is 36.9 Å². The average molecular weight is 490 g/mol. The number of aromatic nitrogens is 2. The minimum atomic E-state index is -0.485. The molecular weight excluding hydrogens is 454 g/mol. The predicted octanol–water partition coefficient (Wildman–Crippen LogP) is 5.67. The van der Waals surface area contributed by atoms with Crippen LogP contribution in [0.3, 0.4) is 0 Å². The second kappa shape index (κ2) is 10.6. The smallest absolute Gasteiger partial charge is 0.358 e. The maximum atomic E-state index is 13.0. The monoisotopic (exact) mass is 489 g/mol. The molecule has 1 aromatic heterocycles. The van der Waals surface area contributed by atoms with Gasteiger partial charge in [-0.15, -0.1) is 0 Å². The SMILES string of the molecule is CCOC(=O)c1cc(-c2cccc(OC)c2)n(-c2ccc(C(=O)N[C@H]3C[C@H](C)CC(C)(C)C3)cc2)n1. The first-order chi connectivity index (χ1) is 17.2. The van der Waals surface area contributed by atoms with Crippen LogP contribution in [0.2, 0.25) is 0 Å². The number of nitrogens with zero attached hydrogens (tertiary/aromatic N) is 2. The van der Waals surface area contributed by atoms with Crippen LogP contribution >= 0.6 is 0 Å². The highest BCUT2D eigenvalue weighted by Crippen LogP contribution is 2.38.